The zero-order valence-electron chi connectivity index (χ0n) is 13.6. The predicted molar refractivity (Wildman–Crippen MR) is 101 cm³/mol. The smallest absolute Gasteiger partial charge is 0.269 e. The lowest BCUT2D eigenvalue weighted by molar-refractivity contribution is -0.384. The summed E-state index contributed by atoms with van der Waals surface area (Å²) in [5.41, 5.74) is 0.0355. The molecule has 0 radical (unpaired) electrons. The molecule has 0 spiro atoms. The van der Waals surface area contributed by atoms with E-state index in [0.29, 0.717) is 16.1 Å². The second-order valence-electron chi connectivity index (χ2n) is 5.64. The molecule has 0 aliphatic carbocycles. The summed E-state index contributed by atoms with van der Waals surface area (Å²) >= 11 is 5.94. The Balaban J connectivity index is 2.11. The third-order valence-corrected chi connectivity index (χ3v) is 4.17. The van der Waals surface area contributed by atoms with Crippen LogP contribution >= 0.6 is 11.6 Å². The zero-order chi connectivity index (χ0) is 18.6. The molecule has 0 saturated heterocycles. The van der Waals surface area contributed by atoms with Crippen molar-refractivity contribution in [3.8, 4) is 11.8 Å². The number of halogens is 1. The van der Waals surface area contributed by atoms with E-state index in [2.05, 4.69) is 11.8 Å². The van der Waals surface area contributed by atoms with Gasteiger partial charge in [-0.1, -0.05) is 53.8 Å². The standard InChI is InChI=1S/C21H14ClNO3/c22-19-10-6-17(7-11-19)21(24,15-14-16-4-2-1-3-5-16)18-8-12-20(13-9-18)23(25)26/h1-13,24H. The molecule has 0 fully saturated rings. The van der Waals surface area contributed by atoms with Crippen molar-refractivity contribution in [3.63, 3.8) is 0 Å². The quantitative estimate of drug-likeness (QED) is 0.422. The van der Waals surface area contributed by atoms with E-state index in [0.717, 1.165) is 5.56 Å². The van der Waals surface area contributed by atoms with Gasteiger partial charge in [-0.2, -0.15) is 0 Å². The molecule has 3 aromatic carbocycles. The lowest BCUT2D eigenvalue weighted by Gasteiger charge is -2.23. The second-order valence-corrected chi connectivity index (χ2v) is 6.07. The van der Waals surface area contributed by atoms with Gasteiger partial charge in [-0.05, 0) is 36.4 Å². The molecule has 0 amide bonds. The maximum atomic E-state index is 11.3. The van der Waals surface area contributed by atoms with E-state index in [9.17, 15) is 15.2 Å². The predicted octanol–water partition coefficient (Wildman–Crippen LogP) is 4.54. The van der Waals surface area contributed by atoms with Gasteiger partial charge >= 0.3 is 0 Å². The summed E-state index contributed by atoms with van der Waals surface area (Å²) in [6.07, 6.45) is 0. The molecule has 3 rings (SSSR count). The Hall–Kier alpha value is -3.13. The highest BCUT2D eigenvalue weighted by Gasteiger charge is 2.30. The van der Waals surface area contributed by atoms with E-state index in [-0.39, 0.29) is 5.69 Å². The first-order valence-electron chi connectivity index (χ1n) is 7.80. The van der Waals surface area contributed by atoms with Crippen LogP contribution in [0.2, 0.25) is 5.02 Å². The number of hydrogen-bond acceptors (Lipinski definition) is 3. The van der Waals surface area contributed by atoms with Crippen LogP contribution in [0.25, 0.3) is 0 Å². The highest BCUT2D eigenvalue weighted by molar-refractivity contribution is 6.30. The number of nitro groups is 1. The summed E-state index contributed by atoms with van der Waals surface area (Å²) in [6.45, 7) is 0. The van der Waals surface area contributed by atoms with Gasteiger partial charge in [-0.15, -0.1) is 0 Å². The van der Waals surface area contributed by atoms with Gasteiger partial charge in [0.2, 0.25) is 0 Å². The van der Waals surface area contributed by atoms with Crippen LogP contribution in [0.3, 0.4) is 0 Å². The van der Waals surface area contributed by atoms with Crippen molar-refractivity contribution < 1.29 is 10.0 Å². The van der Waals surface area contributed by atoms with Gasteiger partial charge in [-0.3, -0.25) is 10.1 Å². The van der Waals surface area contributed by atoms with E-state index >= 15 is 0 Å². The summed E-state index contributed by atoms with van der Waals surface area (Å²) in [4.78, 5) is 10.4. The topological polar surface area (TPSA) is 63.4 Å². The maximum Gasteiger partial charge on any atom is 0.269 e. The van der Waals surface area contributed by atoms with Gasteiger partial charge in [0, 0.05) is 33.8 Å². The van der Waals surface area contributed by atoms with Crippen LogP contribution in [-0.2, 0) is 5.60 Å². The average Bonchev–Trinajstić information content (AvgIpc) is 2.67. The monoisotopic (exact) mass is 363 g/mol. The van der Waals surface area contributed by atoms with Crippen LogP contribution in [0.15, 0.2) is 78.9 Å². The fraction of sp³-hybridized carbons (Fsp3) is 0.0476. The fourth-order valence-electron chi connectivity index (χ4n) is 2.51. The van der Waals surface area contributed by atoms with Crippen molar-refractivity contribution in [1.29, 1.82) is 0 Å². The summed E-state index contributed by atoms with van der Waals surface area (Å²) in [5, 5.41) is 22.8. The van der Waals surface area contributed by atoms with Gasteiger partial charge in [-0.25, -0.2) is 0 Å². The molecule has 0 aliphatic rings. The van der Waals surface area contributed by atoms with Crippen molar-refractivity contribution in [2.75, 3.05) is 0 Å². The van der Waals surface area contributed by atoms with Crippen molar-refractivity contribution in [2.45, 2.75) is 5.60 Å². The molecule has 3 aromatic rings. The number of rotatable bonds is 3. The molecule has 5 heteroatoms. The minimum atomic E-state index is -1.63. The van der Waals surface area contributed by atoms with Gasteiger partial charge in [0.05, 0.1) is 4.92 Å². The molecule has 1 atom stereocenters. The summed E-state index contributed by atoms with van der Waals surface area (Å²) in [7, 11) is 0. The minimum absolute atomic E-state index is 0.0526. The third-order valence-electron chi connectivity index (χ3n) is 3.92. The summed E-state index contributed by atoms with van der Waals surface area (Å²) < 4.78 is 0. The molecule has 1 unspecified atom stereocenters. The van der Waals surface area contributed by atoms with E-state index in [4.69, 9.17) is 11.6 Å². The summed E-state index contributed by atoms with van der Waals surface area (Å²) in [6, 6.07) is 21.7. The molecular weight excluding hydrogens is 350 g/mol. The molecule has 0 heterocycles. The largest absolute Gasteiger partial charge is 0.369 e. The number of hydrogen-bond donors (Lipinski definition) is 1. The van der Waals surface area contributed by atoms with E-state index < -0.39 is 10.5 Å². The van der Waals surface area contributed by atoms with Gasteiger partial charge in [0.25, 0.3) is 5.69 Å². The zero-order valence-corrected chi connectivity index (χ0v) is 14.4. The number of aliphatic hydroxyl groups is 1. The highest BCUT2D eigenvalue weighted by Crippen LogP contribution is 2.31. The van der Waals surface area contributed by atoms with Crippen LogP contribution in [0.1, 0.15) is 16.7 Å². The number of benzene rings is 3. The Morgan fingerprint density at radius 2 is 1.42 bits per heavy atom. The molecular formula is C21H14ClNO3. The highest BCUT2D eigenvalue weighted by atomic mass is 35.5. The molecule has 0 bridgehead atoms. The van der Waals surface area contributed by atoms with Gasteiger partial charge < -0.3 is 5.11 Å². The third kappa shape index (κ3) is 3.75. The molecule has 0 saturated carbocycles. The van der Waals surface area contributed by atoms with E-state index in [1.54, 1.807) is 24.3 Å². The van der Waals surface area contributed by atoms with Crippen LogP contribution in [0, 0.1) is 22.0 Å². The van der Waals surface area contributed by atoms with Crippen molar-refractivity contribution >= 4 is 17.3 Å². The number of non-ortho nitro benzene ring substituents is 1. The SMILES string of the molecule is O=[N+]([O-])c1ccc(C(O)(C#Cc2ccccc2)c2ccc(Cl)cc2)cc1. The second kappa shape index (κ2) is 7.40. The van der Waals surface area contributed by atoms with Gasteiger partial charge in [0.1, 0.15) is 0 Å². The van der Waals surface area contributed by atoms with Crippen molar-refractivity contribution in [2.24, 2.45) is 0 Å². The normalized spacial score (nSPS) is 12.5. The maximum absolute atomic E-state index is 11.3. The molecule has 128 valence electrons. The van der Waals surface area contributed by atoms with E-state index in [1.165, 1.54) is 24.3 Å². The fourth-order valence-corrected chi connectivity index (χ4v) is 2.64. The van der Waals surface area contributed by atoms with Crippen LogP contribution in [-0.4, -0.2) is 10.0 Å². The van der Waals surface area contributed by atoms with Crippen molar-refractivity contribution in [1.82, 2.24) is 0 Å². The number of nitrogens with zero attached hydrogens (tertiary/aromatic N) is 1. The van der Waals surface area contributed by atoms with Crippen LogP contribution in [0.5, 0.6) is 0 Å². The summed E-state index contributed by atoms with van der Waals surface area (Å²) in [5.74, 6) is 5.87. The molecule has 0 aliphatic heterocycles. The molecule has 26 heavy (non-hydrogen) atoms. The molecule has 4 nitrogen and oxygen atoms in total. The Labute approximate surface area is 155 Å². The van der Waals surface area contributed by atoms with Gasteiger partial charge in [0.15, 0.2) is 5.60 Å². The first-order valence-corrected chi connectivity index (χ1v) is 8.18. The molecule has 0 aromatic heterocycles. The Kier molecular flexibility index (Phi) is 5.04. The lowest BCUT2D eigenvalue weighted by Crippen LogP contribution is -2.25. The number of nitro benzene ring substituents is 1. The molecule has 1 N–H and O–H groups in total. The Bertz CT molecular complexity index is 974. The van der Waals surface area contributed by atoms with Crippen LogP contribution in [0.4, 0.5) is 5.69 Å². The average molecular weight is 364 g/mol. The first kappa shape index (κ1) is 17.7. The minimum Gasteiger partial charge on any atom is -0.369 e. The van der Waals surface area contributed by atoms with Crippen molar-refractivity contribution in [3.05, 3.63) is 111 Å². The van der Waals surface area contributed by atoms with E-state index in [1.807, 2.05) is 30.3 Å². The Morgan fingerprint density at radius 3 is 1.96 bits per heavy atom. The first-order chi connectivity index (χ1) is 12.5. The Morgan fingerprint density at radius 1 is 0.885 bits per heavy atom. The lowest BCUT2D eigenvalue weighted by atomic mass is 9.86. The van der Waals surface area contributed by atoms with Crippen LogP contribution < -0.4 is 0 Å².